The highest BCUT2D eigenvalue weighted by Gasteiger charge is 2.34. The Bertz CT molecular complexity index is 589. The van der Waals surface area contributed by atoms with Crippen molar-refractivity contribution in [2.45, 2.75) is 43.9 Å². The van der Waals surface area contributed by atoms with Crippen LogP contribution in [0.25, 0.3) is 0 Å². The normalized spacial score (nSPS) is 18.5. The molecule has 0 unspecified atom stereocenters. The van der Waals surface area contributed by atoms with Crippen molar-refractivity contribution in [3.05, 3.63) is 24.3 Å². The highest BCUT2D eigenvalue weighted by molar-refractivity contribution is 8.13. The molecular formula is C14H18ClNO3S. The van der Waals surface area contributed by atoms with Gasteiger partial charge in [-0.1, -0.05) is 26.2 Å². The van der Waals surface area contributed by atoms with Crippen molar-refractivity contribution in [1.82, 2.24) is 0 Å². The van der Waals surface area contributed by atoms with E-state index in [2.05, 4.69) is 5.32 Å². The average Bonchev–Trinajstić information content (AvgIpc) is 2.39. The molecule has 1 amide bonds. The first-order valence-electron chi connectivity index (χ1n) is 6.67. The number of hydrogen-bond acceptors (Lipinski definition) is 3. The molecule has 1 fully saturated rings. The minimum Gasteiger partial charge on any atom is -0.326 e. The van der Waals surface area contributed by atoms with Crippen LogP contribution < -0.4 is 5.32 Å². The van der Waals surface area contributed by atoms with E-state index in [4.69, 9.17) is 10.7 Å². The maximum absolute atomic E-state index is 12.3. The first kappa shape index (κ1) is 15.3. The molecule has 6 heteroatoms. The third-order valence-electron chi connectivity index (χ3n) is 3.90. The van der Waals surface area contributed by atoms with E-state index < -0.39 is 9.05 Å². The SMILES string of the molecule is CC1(C(=O)Nc2ccc(S(=O)(=O)Cl)cc2)CCCCC1. The second-order valence-corrected chi connectivity index (χ2v) is 8.10. The molecule has 1 aromatic rings. The predicted molar refractivity (Wildman–Crippen MR) is 79.3 cm³/mol. The number of halogens is 1. The Morgan fingerprint density at radius 1 is 1.15 bits per heavy atom. The molecule has 4 nitrogen and oxygen atoms in total. The fraction of sp³-hybridized carbons (Fsp3) is 0.500. The molecular weight excluding hydrogens is 298 g/mol. The maximum atomic E-state index is 12.3. The Morgan fingerprint density at radius 2 is 1.70 bits per heavy atom. The zero-order valence-electron chi connectivity index (χ0n) is 11.4. The molecule has 0 radical (unpaired) electrons. The second kappa shape index (κ2) is 5.74. The Balaban J connectivity index is 2.08. The van der Waals surface area contributed by atoms with Gasteiger partial charge in [0, 0.05) is 21.8 Å². The molecule has 2 rings (SSSR count). The van der Waals surface area contributed by atoms with E-state index in [1.54, 1.807) is 12.1 Å². The summed E-state index contributed by atoms with van der Waals surface area (Å²) in [5.41, 5.74) is 0.265. The summed E-state index contributed by atoms with van der Waals surface area (Å²) in [4.78, 5) is 12.3. The van der Waals surface area contributed by atoms with E-state index in [0.717, 1.165) is 25.7 Å². The van der Waals surface area contributed by atoms with Crippen LogP contribution in [0.15, 0.2) is 29.2 Å². The van der Waals surface area contributed by atoms with Gasteiger partial charge in [0.1, 0.15) is 0 Å². The van der Waals surface area contributed by atoms with Crippen LogP contribution in [0.1, 0.15) is 39.0 Å². The number of rotatable bonds is 3. The molecule has 1 N–H and O–H groups in total. The number of amides is 1. The van der Waals surface area contributed by atoms with Crippen LogP contribution in [0, 0.1) is 5.41 Å². The van der Waals surface area contributed by atoms with Gasteiger partial charge < -0.3 is 5.32 Å². The average molecular weight is 316 g/mol. The molecule has 110 valence electrons. The third-order valence-corrected chi connectivity index (χ3v) is 5.27. The predicted octanol–water partition coefficient (Wildman–Crippen LogP) is 3.52. The zero-order chi connectivity index (χ0) is 14.8. The Hall–Kier alpha value is -1.07. The molecule has 20 heavy (non-hydrogen) atoms. The van der Waals surface area contributed by atoms with Gasteiger partial charge in [0.2, 0.25) is 5.91 Å². The lowest BCUT2D eigenvalue weighted by Crippen LogP contribution is -2.35. The summed E-state index contributed by atoms with van der Waals surface area (Å²) in [6.07, 6.45) is 5.13. The Kier molecular flexibility index (Phi) is 4.39. The summed E-state index contributed by atoms with van der Waals surface area (Å²) in [6.45, 7) is 1.99. The summed E-state index contributed by atoms with van der Waals surface area (Å²) < 4.78 is 22.3. The second-order valence-electron chi connectivity index (χ2n) is 5.54. The minimum atomic E-state index is -3.72. The van der Waals surface area contributed by atoms with Gasteiger partial charge in [-0.05, 0) is 37.1 Å². The zero-order valence-corrected chi connectivity index (χ0v) is 12.9. The molecule has 1 aliphatic rings. The number of carbonyl (C=O) groups is 1. The standard InChI is InChI=1S/C14H18ClNO3S/c1-14(9-3-2-4-10-14)13(17)16-11-5-7-12(8-6-11)20(15,18)19/h5-8H,2-4,9-10H2,1H3,(H,16,17). The van der Waals surface area contributed by atoms with Gasteiger partial charge in [-0.15, -0.1) is 0 Å². The largest absolute Gasteiger partial charge is 0.326 e. The highest BCUT2D eigenvalue weighted by Crippen LogP contribution is 2.36. The minimum absolute atomic E-state index is 0.00122. The van der Waals surface area contributed by atoms with Crippen molar-refractivity contribution in [3.63, 3.8) is 0 Å². The highest BCUT2D eigenvalue weighted by atomic mass is 35.7. The van der Waals surface area contributed by atoms with Gasteiger partial charge in [-0.3, -0.25) is 4.79 Å². The molecule has 0 spiro atoms. The smallest absolute Gasteiger partial charge is 0.261 e. The number of carbonyl (C=O) groups excluding carboxylic acids is 1. The molecule has 0 atom stereocenters. The Labute approximate surface area is 123 Å². The topological polar surface area (TPSA) is 63.2 Å². The third kappa shape index (κ3) is 3.52. The van der Waals surface area contributed by atoms with Crippen LogP contribution in [-0.4, -0.2) is 14.3 Å². The van der Waals surface area contributed by atoms with E-state index in [-0.39, 0.29) is 16.2 Å². The fourth-order valence-electron chi connectivity index (χ4n) is 2.54. The quantitative estimate of drug-likeness (QED) is 0.868. The van der Waals surface area contributed by atoms with Crippen molar-refractivity contribution in [2.24, 2.45) is 5.41 Å². The van der Waals surface area contributed by atoms with E-state index >= 15 is 0 Å². The van der Waals surface area contributed by atoms with Crippen LogP contribution in [0.5, 0.6) is 0 Å². The van der Waals surface area contributed by atoms with Crippen molar-refractivity contribution in [3.8, 4) is 0 Å². The van der Waals surface area contributed by atoms with Gasteiger partial charge in [-0.2, -0.15) is 0 Å². The molecule has 1 saturated carbocycles. The Morgan fingerprint density at radius 3 is 2.20 bits per heavy atom. The fourth-order valence-corrected chi connectivity index (χ4v) is 3.31. The maximum Gasteiger partial charge on any atom is 0.261 e. The molecule has 0 heterocycles. The van der Waals surface area contributed by atoms with Crippen molar-refractivity contribution < 1.29 is 13.2 Å². The lowest BCUT2D eigenvalue weighted by Gasteiger charge is -2.32. The van der Waals surface area contributed by atoms with Gasteiger partial charge in [0.15, 0.2) is 0 Å². The van der Waals surface area contributed by atoms with Gasteiger partial charge >= 0.3 is 0 Å². The van der Waals surface area contributed by atoms with Gasteiger partial charge in [0.25, 0.3) is 9.05 Å². The molecule has 1 aromatic carbocycles. The van der Waals surface area contributed by atoms with Crippen LogP contribution in [0.3, 0.4) is 0 Å². The van der Waals surface area contributed by atoms with E-state index in [9.17, 15) is 13.2 Å². The monoisotopic (exact) mass is 315 g/mol. The molecule has 0 saturated heterocycles. The van der Waals surface area contributed by atoms with Crippen molar-refractivity contribution in [1.29, 1.82) is 0 Å². The first-order chi connectivity index (χ1) is 9.31. The molecule has 0 aliphatic heterocycles. The summed E-state index contributed by atoms with van der Waals surface area (Å²) >= 11 is 0. The molecule has 0 aromatic heterocycles. The van der Waals surface area contributed by atoms with E-state index in [1.807, 2.05) is 6.92 Å². The lowest BCUT2D eigenvalue weighted by atomic mass is 9.75. The summed E-state index contributed by atoms with van der Waals surface area (Å²) in [5, 5.41) is 2.85. The summed E-state index contributed by atoms with van der Waals surface area (Å²) in [7, 11) is 1.52. The van der Waals surface area contributed by atoms with Crippen LogP contribution in [-0.2, 0) is 13.8 Å². The number of benzene rings is 1. The van der Waals surface area contributed by atoms with Crippen LogP contribution >= 0.6 is 10.7 Å². The number of anilines is 1. The number of nitrogens with one attached hydrogen (secondary N) is 1. The lowest BCUT2D eigenvalue weighted by molar-refractivity contribution is -0.126. The van der Waals surface area contributed by atoms with Crippen molar-refractivity contribution in [2.75, 3.05) is 5.32 Å². The summed E-state index contributed by atoms with van der Waals surface area (Å²) in [6, 6.07) is 5.89. The van der Waals surface area contributed by atoms with Gasteiger partial charge in [0.05, 0.1) is 4.90 Å². The first-order valence-corrected chi connectivity index (χ1v) is 8.98. The van der Waals surface area contributed by atoms with E-state index in [0.29, 0.717) is 5.69 Å². The molecule has 1 aliphatic carbocycles. The number of hydrogen-bond donors (Lipinski definition) is 1. The van der Waals surface area contributed by atoms with Gasteiger partial charge in [-0.25, -0.2) is 8.42 Å². The van der Waals surface area contributed by atoms with Crippen LogP contribution in [0.2, 0.25) is 0 Å². The van der Waals surface area contributed by atoms with Crippen molar-refractivity contribution >= 4 is 31.3 Å². The summed E-state index contributed by atoms with van der Waals surface area (Å²) in [5.74, 6) is -0.00122. The van der Waals surface area contributed by atoms with Crippen LogP contribution in [0.4, 0.5) is 5.69 Å². The molecule has 0 bridgehead atoms. The van der Waals surface area contributed by atoms with E-state index in [1.165, 1.54) is 18.6 Å².